The van der Waals surface area contributed by atoms with Gasteiger partial charge in [0.2, 0.25) is 0 Å². The average molecular weight is 194 g/mol. The van der Waals surface area contributed by atoms with E-state index in [9.17, 15) is 14.9 Å². The van der Waals surface area contributed by atoms with E-state index in [0.29, 0.717) is 17.5 Å². The van der Waals surface area contributed by atoms with Gasteiger partial charge in [-0.05, 0) is 11.6 Å². The summed E-state index contributed by atoms with van der Waals surface area (Å²) in [6.07, 6.45) is 0.704. The van der Waals surface area contributed by atoms with Crippen molar-refractivity contribution in [3.8, 4) is 0 Å². The number of rotatable bonds is 3. The van der Waals surface area contributed by atoms with Crippen molar-refractivity contribution in [1.82, 2.24) is 0 Å². The van der Waals surface area contributed by atoms with E-state index in [1.807, 2.05) is 0 Å². The van der Waals surface area contributed by atoms with Gasteiger partial charge in [0.05, 0.1) is 4.92 Å². The monoisotopic (exact) mass is 194 g/mol. The van der Waals surface area contributed by atoms with Crippen molar-refractivity contribution in [3.63, 3.8) is 0 Å². The lowest BCUT2D eigenvalue weighted by Gasteiger charge is -2.07. The Morgan fingerprint density at radius 1 is 1.57 bits per heavy atom. The number of anilines is 1. The summed E-state index contributed by atoms with van der Waals surface area (Å²) < 4.78 is 0. The molecule has 1 aromatic carbocycles. The Labute approximate surface area is 80.7 Å². The molecule has 1 atom stereocenters. The highest BCUT2D eigenvalue weighted by Crippen LogP contribution is 2.25. The van der Waals surface area contributed by atoms with Crippen LogP contribution in [0.5, 0.6) is 0 Å². The second-order valence-corrected chi connectivity index (χ2v) is 3.00. The van der Waals surface area contributed by atoms with Gasteiger partial charge in [0.15, 0.2) is 0 Å². The Hall–Kier alpha value is -1.91. The SMILES string of the molecule is CC(C=O)c1cc([N+](=O)[O-])ccc1N. The number of nitro groups is 1. The Balaban J connectivity index is 3.20. The molecule has 1 rings (SSSR count). The Kier molecular flexibility index (Phi) is 2.81. The highest BCUT2D eigenvalue weighted by Gasteiger charge is 2.13. The Morgan fingerprint density at radius 3 is 2.71 bits per heavy atom. The standard InChI is InChI=1S/C9H10N2O3/c1-6(5-12)8-4-7(11(13)14)2-3-9(8)10/h2-6H,10H2,1H3. The first-order valence-electron chi connectivity index (χ1n) is 4.05. The smallest absolute Gasteiger partial charge is 0.269 e. The average Bonchev–Trinajstić information content (AvgIpc) is 2.17. The highest BCUT2D eigenvalue weighted by molar-refractivity contribution is 5.68. The molecule has 0 radical (unpaired) electrons. The number of nitrogens with zero attached hydrogens (tertiary/aromatic N) is 1. The van der Waals surface area contributed by atoms with Crippen LogP contribution in [0.3, 0.4) is 0 Å². The van der Waals surface area contributed by atoms with Crippen molar-refractivity contribution in [2.75, 3.05) is 5.73 Å². The highest BCUT2D eigenvalue weighted by atomic mass is 16.6. The summed E-state index contributed by atoms with van der Waals surface area (Å²) in [5.41, 5.74) is 6.42. The summed E-state index contributed by atoms with van der Waals surface area (Å²) >= 11 is 0. The second-order valence-electron chi connectivity index (χ2n) is 3.00. The minimum absolute atomic E-state index is 0.0529. The minimum atomic E-state index is -0.513. The van der Waals surface area contributed by atoms with E-state index in [1.165, 1.54) is 18.2 Å². The minimum Gasteiger partial charge on any atom is -0.398 e. The fourth-order valence-corrected chi connectivity index (χ4v) is 1.14. The largest absolute Gasteiger partial charge is 0.398 e. The number of carbonyl (C=O) groups is 1. The molecular weight excluding hydrogens is 184 g/mol. The van der Waals surface area contributed by atoms with Crippen molar-refractivity contribution in [2.24, 2.45) is 0 Å². The molecule has 0 amide bonds. The van der Waals surface area contributed by atoms with Gasteiger partial charge in [0.1, 0.15) is 6.29 Å². The molecule has 74 valence electrons. The molecule has 0 aliphatic rings. The van der Waals surface area contributed by atoms with Crippen molar-refractivity contribution < 1.29 is 9.72 Å². The molecule has 14 heavy (non-hydrogen) atoms. The van der Waals surface area contributed by atoms with Gasteiger partial charge in [0, 0.05) is 23.7 Å². The zero-order valence-electron chi connectivity index (χ0n) is 7.64. The number of benzene rings is 1. The summed E-state index contributed by atoms with van der Waals surface area (Å²) in [7, 11) is 0. The van der Waals surface area contributed by atoms with E-state index < -0.39 is 10.8 Å². The van der Waals surface area contributed by atoms with Gasteiger partial charge in [0.25, 0.3) is 5.69 Å². The van der Waals surface area contributed by atoms with Gasteiger partial charge in [-0.25, -0.2) is 0 Å². The van der Waals surface area contributed by atoms with Crippen LogP contribution in [0.15, 0.2) is 18.2 Å². The maximum Gasteiger partial charge on any atom is 0.269 e. The third kappa shape index (κ3) is 1.87. The number of non-ortho nitro benzene ring substituents is 1. The van der Waals surface area contributed by atoms with E-state index in [1.54, 1.807) is 6.92 Å². The lowest BCUT2D eigenvalue weighted by atomic mass is 10.0. The number of aldehydes is 1. The molecule has 0 fully saturated rings. The number of nitro benzene ring substituents is 1. The van der Waals surface area contributed by atoms with Crippen LogP contribution >= 0.6 is 0 Å². The van der Waals surface area contributed by atoms with Gasteiger partial charge in [-0.2, -0.15) is 0 Å². The van der Waals surface area contributed by atoms with Crippen LogP contribution < -0.4 is 5.73 Å². The normalized spacial score (nSPS) is 12.1. The Bertz CT molecular complexity index is 376. The van der Waals surface area contributed by atoms with Gasteiger partial charge in [-0.1, -0.05) is 6.92 Å². The van der Waals surface area contributed by atoms with E-state index in [4.69, 9.17) is 5.73 Å². The maximum absolute atomic E-state index is 10.5. The third-order valence-electron chi connectivity index (χ3n) is 1.98. The van der Waals surface area contributed by atoms with E-state index in [2.05, 4.69) is 0 Å². The van der Waals surface area contributed by atoms with Crippen LogP contribution in [-0.4, -0.2) is 11.2 Å². The number of hydrogen-bond acceptors (Lipinski definition) is 4. The van der Waals surface area contributed by atoms with Crippen LogP contribution in [0, 0.1) is 10.1 Å². The molecule has 0 heterocycles. The summed E-state index contributed by atoms with van der Waals surface area (Å²) in [5, 5.41) is 10.5. The lowest BCUT2D eigenvalue weighted by Crippen LogP contribution is -2.01. The molecule has 0 saturated carbocycles. The number of carbonyl (C=O) groups excluding carboxylic acids is 1. The molecule has 0 aromatic heterocycles. The van der Waals surface area contributed by atoms with Crippen LogP contribution in [0.25, 0.3) is 0 Å². The van der Waals surface area contributed by atoms with Gasteiger partial charge >= 0.3 is 0 Å². The molecule has 1 aromatic rings. The van der Waals surface area contributed by atoms with Crippen LogP contribution in [0.2, 0.25) is 0 Å². The van der Waals surface area contributed by atoms with Crippen molar-refractivity contribution >= 4 is 17.7 Å². The molecule has 5 nitrogen and oxygen atoms in total. The summed E-state index contributed by atoms with van der Waals surface area (Å²) in [6, 6.07) is 4.08. The molecule has 0 bridgehead atoms. The fraction of sp³-hybridized carbons (Fsp3) is 0.222. The first-order chi connectivity index (χ1) is 6.56. The zero-order chi connectivity index (χ0) is 10.7. The fourth-order valence-electron chi connectivity index (χ4n) is 1.14. The van der Waals surface area contributed by atoms with Crippen LogP contribution in [-0.2, 0) is 4.79 Å². The predicted octanol–water partition coefficient (Wildman–Crippen LogP) is 1.48. The molecule has 5 heteroatoms. The predicted molar refractivity (Wildman–Crippen MR) is 52.0 cm³/mol. The summed E-state index contributed by atoms with van der Waals surface area (Å²) in [4.78, 5) is 20.5. The van der Waals surface area contributed by atoms with E-state index in [-0.39, 0.29) is 5.69 Å². The molecular formula is C9H10N2O3. The van der Waals surface area contributed by atoms with Crippen molar-refractivity contribution in [2.45, 2.75) is 12.8 Å². The summed E-state index contributed by atoms with van der Waals surface area (Å²) in [6.45, 7) is 1.64. The second kappa shape index (κ2) is 3.87. The first-order valence-corrected chi connectivity index (χ1v) is 4.05. The number of nitrogen functional groups attached to an aromatic ring is 1. The van der Waals surface area contributed by atoms with E-state index in [0.717, 1.165) is 0 Å². The van der Waals surface area contributed by atoms with Gasteiger partial charge in [-0.3, -0.25) is 10.1 Å². The summed E-state index contributed by atoms with van der Waals surface area (Å²) in [5.74, 6) is -0.421. The molecule has 0 spiro atoms. The molecule has 0 saturated heterocycles. The first kappa shape index (κ1) is 10.2. The molecule has 1 unspecified atom stereocenters. The van der Waals surface area contributed by atoms with Gasteiger partial charge in [-0.15, -0.1) is 0 Å². The molecule has 2 N–H and O–H groups in total. The van der Waals surface area contributed by atoms with Crippen LogP contribution in [0.1, 0.15) is 18.4 Å². The van der Waals surface area contributed by atoms with Crippen molar-refractivity contribution in [1.29, 1.82) is 0 Å². The lowest BCUT2D eigenvalue weighted by molar-refractivity contribution is -0.384. The topological polar surface area (TPSA) is 86.2 Å². The quantitative estimate of drug-likeness (QED) is 0.341. The maximum atomic E-state index is 10.5. The van der Waals surface area contributed by atoms with Crippen LogP contribution in [0.4, 0.5) is 11.4 Å². The third-order valence-corrected chi connectivity index (χ3v) is 1.98. The molecule has 0 aliphatic carbocycles. The number of nitrogens with two attached hydrogens (primary N) is 1. The van der Waals surface area contributed by atoms with Gasteiger partial charge < -0.3 is 10.5 Å². The van der Waals surface area contributed by atoms with E-state index >= 15 is 0 Å². The number of hydrogen-bond donors (Lipinski definition) is 1. The zero-order valence-corrected chi connectivity index (χ0v) is 7.64. The Morgan fingerprint density at radius 2 is 2.21 bits per heavy atom. The molecule has 0 aliphatic heterocycles. The van der Waals surface area contributed by atoms with Crippen molar-refractivity contribution in [3.05, 3.63) is 33.9 Å².